The van der Waals surface area contributed by atoms with Crippen LogP contribution in [0, 0.1) is 0 Å². The largest absolute Gasteiger partial charge is 0.493 e. The van der Waals surface area contributed by atoms with E-state index in [4.69, 9.17) is 4.74 Å². The highest BCUT2D eigenvalue weighted by atomic mass is 16.5. The molecule has 0 saturated heterocycles. The standard InChI is InChI=1S/C16H21N3O2/c1-3-4-8-11-17-16(20)15-14(21-2)12-19(18-15)13-9-6-5-7-10-13/h5-7,9-10,12H,3-4,8,11H2,1-2H3,(H,17,20). The third kappa shape index (κ3) is 3.84. The van der Waals surface area contributed by atoms with Crippen LogP contribution in [-0.2, 0) is 0 Å². The minimum Gasteiger partial charge on any atom is -0.493 e. The summed E-state index contributed by atoms with van der Waals surface area (Å²) >= 11 is 0. The molecule has 1 aromatic heterocycles. The summed E-state index contributed by atoms with van der Waals surface area (Å²) in [6.07, 6.45) is 4.93. The van der Waals surface area contributed by atoms with Crippen LogP contribution in [-0.4, -0.2) is 29.3 Å². The first-order valence-electron chi connectivity index (χ1n) is 7.23. The lowest BCUT2D eigenvalue weighted by Crippen LogP contribution is -2.25. The van der Waals surface area contributed by atoms with Crippen LogP contribution in [0.3, 0.4) is 0 Å². The van der Waals surface area contributed by atoms with Gasteiger partial charge in [0.2, 0.25) is 0 Å². The van der Waals surface area contributed by atoms with Crippen molar-refractivity contribution in [3.8, 4) is 11.4 Å². The van der Waals surface area contributed by atoms with Gasteiger partial charge in [-0.15, -0.1) is 0 Å². The third-order valence-corrected chi connectivity index (χ3v) is 3.20. The number of amides is 1. The minimum absolute atomic E-state index is 0.197. The van der Waals surface area contributed by atoms with Crippen LogP contribution in [0.4, 0.5) is 0 Å². The highest BCUT2D eigenvalue weighted by Gasteiger charge is 2.17. The van der Waals surface area contributed by atoms with E-state index in [2.05, 4.69) is 17.3 Å². The van der Waals surface area contributed by atoms with Crippen LogP contribution in [0.5, 0.6) is 5.75 Å². The number of ether oxygens (including phenoxy) is 1. The fraction of sp³-hybridized carbons (Fsp3) is 0.375. The maximum absolute atomic E-state index is 12.2. The molecule has 0 unspecified atom stereocenters. The first kappa shape index (κ1) is 15.1. The van der Waals surface area contributed by atoms with Gasteiger partial charge in [-0.25, -0.2) is 4.68 Å². The van der Waals surface area contributed by atoms with E-state index in [0.717, 1.165) is 24.9 Å². The zero-order valence-corrected chi connectivity index (χ0v) is 12.5. The number of nitrogens with one attached hydrogen (secondary N) is 1. The molecule has 0 saturated carbocycles. The van der Waals surface area contributed by atoms with Crippen molar-refractivity contribution >= 4 is 5.91 Å². The fourth-order valence-electron chi connectivity index (χ4n) is 2.04. The lowest BCUT2D eigenvalue weighted by molar-refractivity contribution is 0.0944. The number of carbonyl (C=O) groups excluding carboxylic acids is 1. The van der Waals surface area contributed by atoms with Crippen molar-refractivity contribution in [2.75, 3.05) is 13.7 Å². The van der Waals surface area contributed by atoms with Gasteiger partial charge in [-0.1, -0.05) is 38.0 Å². The summed E-state index contributed by atoms with van der Waals surface area (Å²) in [5, 5.41) is 7.21. The van der Waals surface area contributed by atoms with Gasteiger partial charge in [-0.2, -0.15) is 5.10 Å². The van der Waals surface area contributed by atoms with Gasteiger partial charge in [0.25, 0.3) is 5.91 Å². The minimum atomic E-state index is -0.197. The highest BCUT2D eigenvalue weighted by molar-refractivity contribution is 5.94. The van der Waals surface area contributed by atoms with E-state index >= 15 is 0 Å². The summed E-state index contributed by atoms with van der Waals surface area (Å²) in [6.45, 7) is 2.79. The Balaban J connectivity index is 2.12. The van der Waals surface area contributed by atoms with Gasteiger partial charge in [0, 0.05) is 6.54 Å². The molecule has 5 nitrogen and oxygen atoms in total. The van der Waals surface area contributed by atoms with Crippen molar-refractivity contribution < 1.29 is 9.53 Å². The van der Waals surface area contributed by atoms with Gasteiger partial charge in [-0.3, -0.25) is 4.79 Å². The fourth-order valence-corrected chi connectivity index (χ4v) is 2.04. The molecule has 1 N–H and O–H groups in total. The first-order chi connectivity index (χ1) is 10.3. The topological polar surface area (TPSA) is 56.2 Å². The van der Waals surface area contributed by atoms with Gasteiger partial charge in [0.05, 0.1) is 19.0 Å². The maximum atomic E-state index is 12.2. The summed E-state index contributed by atoms with van der Waals surface area (Å²) in [5.41, 5.74) is 1.21. The number of carbonyl (C=O) groups is 1. The second-order valence-electron chi connectivity index (χ2n) is 4.79. The van der Waals surface area contributed by atoms with Gasteiger partial charge < -0.3 is 10.1 Å². The Morgan fingerprint density at radius 3 is 2.71 bits per heavy atom. The second-order valence-corrected chi connectivity index (χ2v) is 4.79. The van der Waals surface area contributed by atoms with Crippen LogP contribution in [0.15, 0.2) is 36.5 Å². The molecule has 2 aromatic rings. The van der Waals surface area contributed by atoms with Crippen molar-refractivity contribution in [1.29, 1.82) is 0 Å². The van der Waals surface area contributed by atoms with Crippen molar-refractivity contribution in [1.82, 2.24) is 15.1 Å². The van der Waals surface area contributed by atoms with Crippen molar-refractivity contribution in [2.24, 2.45) is 0 Å². The number of para-hydroxylation sites is 1. The third-order valence-electron chi connectivity index (χ3n) is 3.20. The van der Waals surface area contributed by atoms with E-state index < -0.39 is 0 Å². The number of hydrogen-bond acceptors (Lipinski definition) is 3. The zero-order valence-electron chi connectivity index (χ0n) is 12.5. The first-order valence-corrected chi connectivity index (χ1v) is 7.23. The Morgan fingerprint density at radius 1 is 1.29 bits per heavy atom. The van der Waals surface area contributed by atoms with E-state index in [-0.39, 0.29) is 5.91 Å². The Labute approximate surface area is 124 Å². The average molecular weight is 287 g/mol. The Bertz CT molecular complexity index is 578. The van der Waals surface area contributed by atoms with Crippen LogP contribution >= 0.6 is 0 Å². The van der Waals surface area contributed by atoms with E-state index in [1.807, 2.05) is 30.3 Å². The molecule has 0 fully saturated rings. The predicted molar refractivity (Wildman–Crippen MR) is 82.0 cm³/mol. The normalized spacial score (nSPS) is 10.4. The molecule has 0 aliphatic heterocycles. The molecule has 21 heavy (non-hydrogen) atoms. The Hall–Kier alpha value is -2.30. The van der Waals surface area contributed by atoms with Gasteiger partial charge >= 0.3 is 0 Å². The summed E-state index contributed by atoms with van der Waals surface area (Å²) in [4.78, 5) is 12.2. The Morgan fingerprint density at radius 2 is 2.05 bits per heavy atom. The molecular formula is C16H21N3O2. The van der Waals surface area contributed by atoms with E-state index in [0.29, 0.717) is 18.0 Å². The molecule has 112 valence electrons. The molecule has 1 heterocycles. The number of methoxy groups -OCH3 is 1. The smallest absolute Gasteiger partial charge is 0.275 e. The second kappa shape index (κ2) is 7.47. The number of aromatic nitrogens is 2. The molecular weight excluding hydrogens is 266 g/mol. The van der Waals surface area contributed by atoms with Gasteiger partial charge in [0.15, 0.2) is 11.4 Å². The molecule has 1 aromatic carbocycles. The van der Waals surface area contributed by atoms with Crippen molar-refractivity contribution in [3.05, 3.63) is 42.2 Å². The molecule has 0 spiro atoms. The molecule has 0 bridgehead atoms. The van der Waals surface area contributed by atoms with Crippen LogP contribution in [0.2, 0.25) is 0 Å². The number of unbranched alkanes of at least 4 members (excludes halogenated alkanes) is 2. The number of rotatable bonds is 7. The van der Waals surface area contributed by atoms with Crippen LogP contribution in [0.25, 0.3) is 5.69 Å². The molecule has 1 amide bonds. The van der Waals surface area contributed by atoms with E-state index in [1.54, 1.807) is 18.0 Å². The zero-order chi connectivity index (χ0) is 15.1. The summed E-state index contributed by atoms with van der Waals surface area (Å²) in [5.74, 6) is 0.282. The maximum Gasteiger partial charge on any atom is 0.275 e. The lowest BCUT2D eigenvalue weighted by atomic mass is 10.2. The average Bonchev–Trinajstić information content (AvgIpc) is 2.96. The van der Waals surface area contributed by atoms with Crippen molar-refractivity contribution in [3.63, 3.8) is 0 Å². The quantitative estimate of drug-likeness (QED) is 0.797. The molecule has 0 aliphatic carbocycles. The monoisotopic (exact) mass is 287 g/mol. The number of benzene rings is 1. The SMILES string of the molecule is CCCCCNC(=O)c1nn(-c2ccccc2)cc1OC. The summed E-state index contributed by atoms with van der Waals surface area (Å²) in [6, 6.07) is 9.64. The van der Waals surface area contributed by atoms with Crippen LogP contribution < -0.4 is 10.1 Å². The predicted octanol–water partition coefficient (Wildman–Crippen LogP) is 2.80. The highest BCUT2D eigenvalue weighted by Crippen LogP contribution is 2.19. The molecule has 0 aliphatic rings. The number of hydrogen-bond donors (Lipinski definition) is 1. The summed E-state index contributed by atoms with van der Waals surface area (Å²) in [7, 11) is 1.54. The summed E-state index contributed by atoms with van der Waals surface area (Å²) < 4.78 is 6.90. The molecule has 2 rings (SSSR count). The Kier molecular flexibility index (Phi) is 5.37. The number of nitrogens with zero attached hydrogens (tertiary/aromatic N) is 2. The lowest BCUT2D eigenvalue weighted by Gasteiger charge is -2.03. The molecule has 0 atom stereocenters. The van der Waals surface area contributed by atoms with E-state index in [1.165, 1.54) is 0 Å². The molecule has 5 heteroatoms. The van der Waals surface area contributed by atoms with Crippen molar-refractivity contribution in [2.45, 2.75) is 26.2 Å². The van der Waals surface area contributed by atoms with Gasteiger partial charge in [0.1, 0.15) is 0 Å². The van der Waals surface area contributed by atoms with E-state index in [9.17, 15) is 4.79 Å². The van der Waals surface area contributed by atoms with Gasteiger partial charge in [-0.05, 0) is 18.6 Å². The molecule has 0 radical (unpaired) electrons. The van der Waals surface area contributed by atoms with Crippen LogP contribution in [0.1, 0.15) is 36.7 Å².